The number of amides is 1. The molecule has 1 atom stereocenters. The van der Waals surface area contributed by atoms with Gasteiger partial charge in [0.25, 0.3) is 11.6 Å². The molecule has 6 heteroatoms. The first-order valence-corrected chi connectivity index (χ1v) is 6.58. The lowest BCUT2D eigenvalue weighted by Gasteiger charge is -2.12. The molecular formula is C14H19N3O3. The average molecular weight is 277 g/mol. The molecule has 6 nitrogen and oxygen atoms in total. The van der Waals surface area contributed by atoms with Gasteiger partial charge in [0.2, 0.25) is 0 Å². The highest BCUT2D eigenvalue weighted by Crippen LogP contribution is 2.23. The van der Waals surface area contributed by atoms with Gasteiger partial charge in [-0.15, -0.1) is 0 Å². The van der Waals surface area contributed by atoms with E-state index < -0.39 is 0 Å². The van der Waals surface area contributed by atoms with Gasteiger partial charge in [0, 0.05) is 19.3 Å². The van der Waals surface area contributed by atoms with Crippen molar-refractivity contribution in [3.63, 3.8) is 0 Å². The van der Waals surface area contributed by atoms with Gasteiger partial charge < -0.3 is 14.6 Å². The van der Waals surface area contributed by atoms with E-state index in [1.54, 1.807) is 13.2 Å². The van der Waals surface area contributed by atoms with Crippen LogP contribution in [0.1, 0.15) is 42.7 Å². The molecule has 108 valence electrons. The lowest BCUT2D eigenvalue weighted by atomic mass is 10.1. The van der Waals surface area contributed by atoms with E-state index in [4.69, 9.17) is 9.26 Å². The Bertz CT molecular complexity index is 607. The number of hydrogen-bond acceptors (Lipinski definition) is 5. The topological polar surface area (TPSA) is 77.2 Å². The summed E-state index contributed by atoms with van der Waals surface area (Å²) in [5.74, 6) is 0.0311. The van der Waals surface area contributed by atoms with Crippen molar-refractivity contribution in [2.75, 3.05) is 13.7 Å². The van der Waals surface area contributed by atoms with E-state index in [1.807, 2.05) is 20.8 Å². The molecule has 0 spiro atoms. The van der Waals surface area contributed by atoms with Gasteiger partial charge in [-0.25, -0.2) is 4.98 Å². The first-order chi connectivity index (χ1) is 9.52. The minimum Gasteiger partial charge on any atom is -0.383 e. The molecule has 0 aliphatic heterocycles. The second-order valence-corrected chi connectivity index (χ2v) is 5.13. The molecule has 1 unspecified atom stereocenters. The molecule has 1 amide bonds. The first-order valence-electron chi connectivity index (χ1n) is 6.58. The Kier molecular flexibility index (Phi) is 4.34. The summed E-state index contributed by atoms with van der Waals surface area (Å²) in [6, 6.07) is 1.71. The molecule has 20 heavy (non-hydrogen) atoms. The number of fused-ring (bicyclic) bond motifs is 1. The highest BCUT2D eigenvalue weighted by atomic mass is 16.5. The third-order valence-electron chi connectivity index (χ3n) is 2.96. The number of rotatable bonds is 5. The van der Waals surface area contributed by atoms with Gasteiger partial charge >= 0.3 is 0 Å². The van der Waals surface area contributed by atoms with Crippen LogP contribution >= 0.6 is 0 Å². The van der Waals surface area contributed by atoms with Crippen molar-refractivity contribution in [1.82, 2.24) is 15.5 Å². The predicted octanol–water partition coefficient (Wildman–Crippen LogP) is 2.11. The Hall–Kier alpha value is -1.95. The lowest BCUT2D eigenvalue weighted by molar-refractivity contribution is 0.0905. The number of carbonyl (C=O) groups is 1. The van der Waals surface area contributed by atoms with Gasteiger partial charge in [-0.3, -0.25) is 4.79 Å². The lowest BCUT2D eigenvalue weighted by Crippen LogP contribution is -2.35. The fraction of sp³-hybridized carbons (Fsp3) is 0.500. The molecule has 0 aliphatic carbocycles. The zero-order valence-electron chi connectivity index (χ0n) is 12.1. The number of aromatic nitrogens is 2. The molecule has 0 bridgehead atoms. The van der Waals surface area contributed by atoms with E-state index in [1.165, 1.54) is 6.20 Å². The van der Waals surface area contributed by atoms with E-state index in [0.717, 1.165) is 11.1 Å². The van der Waals surface area contributed by atoms with Crippen molar-refractivity contribution < 1.29 is 14.1 Å². The molecule has 2 rings (SSSR count). The second-order valence-electron chi connectivity index (χ2n) is 5.13. The van der Waals surface area contributed by atoms with Crippen LogP contribution < -0.4 is 5.32 Å². The van der Waals surface area contributed by atoms with Crippen LogP contribution in [-0.2, 0) is 4.74 Å². The van der Waals surface area contributed by atoms with Crippen LogP contribution in [-0.4, -0.2) is 35.8 Å². The summed E-state index contributed by atoms with van der Waals surface area (Å²) >= 11 is 0. The van der Waals surface area contributed by atoms with Crippen molar-refractivity contribution in [3.05, 3.63) is 23.5 Å². The average Bonchev–Trinajstić information content (AvgIpc) is 2.81. The molecular weight excluding hydrogens is 258 g/mol. The smallest absolute Gasteiger partial charge is 0.257 e. The van der Waals surface area contributed by atoms with E-state index >= 15 is 0 Å². The van der Waals surface area contributed by atoms with Crippen molar-refractivity contribution in [3.8, 4) is 0 Å². The maximum atomic E-state index is 12.1. The number of methoxy groups -OCH3 is 1. The summed E-state index contributed by atoms with van der Waals surface area (Å²) in [5, 5.41) is 7.63. The molecule has 0 aliphatic rings. The minimum absolute atomic E-state index is 0.0600. The largest absolute Gasteiger partial charge is 0.383 e. The van der Waals surface area contributed by atoms with Gasteiger partial charge in [-0.05, 0) is 18.9 Å². The van der Waals surface area contributed by atoms with Gasteiger partial charge in [-0.1, -0.05) is 19.0 Å². The Balaban J connectivity index is 2.26. The van der Waals surface area contributed by atoms with Crippen LogP contribution in [0.25, 0.3) is 11.1 Å². The van der Waals surface area contributed by atoms with Gasteiger partial charge in [0.05, 0.1) is 23.3 Å². The summed E-state index contributed by atoms with van der Waals surface area (Å²) in [5.41, 5.74) is 1.76. The summed E-state index contributed by atoms with van der Waals surface area (Å²) < 4.78 is 10.1. The van der Waals surface area contributed by atoms with Crippen LogP contribution in [0, 0.1) is 0 Å². The molecule has 0 aromatic carbocycles. The number of pyridine rings is 1. The maximum absolute atomic E-state index is 12.1. The number of hydrogen-bond donors (Lipinski definition) is 1. The van der Waals surface area contributed by atoms with Crippen LogP contribution in [0.15, 0.2) is 16.8 Å². The standard InChI is InChI=1S/C14H19N3O3/c1-8(2)12-11-5-10(6-15-14(11)20-17-12)13(18)16-9(3)7-19-4/h5-6,8-9H,7H2,1-4H3,(H,16,18). The Morgan fingerprint density at radius 3 is 2.85 bits per heavy atom. The summed E-state index contributed by atoms with van der Waals surface area (Å²) in [6.45, 7) is 6.38. The molecule has 0 fully saturated rings. The molecule has 2 aromatic rings. The zero-order valence-corrected chi connectivity index (χ0v) is 12.1. The summed E-state index contributed by atoms with van der Waals surface area (Å²) in [6.07, 6.45) is 1.49. The Morgan fingerprint density at radius 2 is 2.20 bits per heavy atom. The van der Waals surface area contributed by atoms with E-state index in [9.17, 15) is 4.79 Å². The summed E-state index contributed by atoms with van der Waals surface area (Å²) in [4.78, 5) is 16.3. The highest BCUT2D eigenvalue weighted by molar-refractivity contribution is 5.97. The van der Waals surface area contributed by atoms with Crippen molar-refractivity contribution in [2.45, 2.75) is 32.7 Å². The predicted molar refractivity (Wildman–Crippen MR) is 74.7 cm³/mol. The van der Waals surface area contributed by atoms with Crippen molar-refractivity contribution in [1.29, 1.82) is 0 Å². The zero-order chi connectivity index (χ0) is 14.7. The number of nitrogens with one attached hydrogen (secondary N) is 1. The van der Waals surface area contributed by atoms with Crippen molar-refractivity contribution in [2.24, 2.45) is 0 Å². The fourth-order valence-corrected chi connectivity index (χ4v) is 1.99. The van der Waals surface area contributed by atoms with Crippen LogP contribution in [0.5, 0.6) is 0 Å². The fourth-order valence-electron chi connectivity index (χ4n) is 1.99. The Morgan fingerprint density at radius 1 is 1.45 bits per heavy atom. The quantitative estimate of drug-likeness (QED) is 0.905. The van der Waals surface area contributed by atoms with Gasteiger partial charge in [-0.2, -0.15) is 0 Å². The van der Waals surface area contributed by atoms with E-state index in [2.05, 4.69) is 15.5 Å². The third kappa shape index (κ3) is 2.96. The van der Waals surface area contributed by atoms with Crippen LogP contribution in [0.4, 0.5) is 0 Å². The van der Waals surface area contributed by atoms with Crippen LogP contribution in [0.3, 0.4) is 0 Å². The highest BCUT2D eigenvalue weighted by Gasteiger charge is 2.16. The van der Waals surface area contributed by atoms with E-state index in [-0.39, 0.29) is 17.9 Å². The maximum Gasteiger partial charge on any atom is 0.257 e. The third-order valence-corrected chi connectivity index (χ3v) is 2.96. The molecule has 2 aromatic heterocycles. The van der Waals surface area contributed by atoms with Gasteiger partial charge in [0.15, 0.2) is 0 Å². The first kappa shape index (κ1) is 14.5. The molecule has 1 N–H and O–H groups in total. The van der Waals surface area contributed by atoms with Gasteiger partial charge in [0.1, 0.15) is 0 Å². The SMILES string of the molecule is COCC(C)NC(=O)c1cnc2onc(C(C)C)c2c1. The monoisotopic (exact) mass is 277 g/mol. The molecule has 0 saturated carbocycles. The minimum atomic E-state index is -0.181. The Labute approximate surface area is 117 Å². The number of ether oxygens (including phenoxy) is 1. The van der Waals surface area contributed by atoms with Crippen molar-refractivity contribution >= 4 is 17.0 Å². The second kappa shape index (κ2) is 6.00. The molecule has 2 heterocycles. The number of nitrogens with zero attached hydrogens (tertiary/aromatic N) is 2. The number of carbonyl (C=O) groups excluding carboxylic acids is 1. The van der Waals surface area contributed by atoms with Crippen LogP contribution in [0.2, 0.25) is 0 Å². The normalized spacial score (nSPS) is 12.8. The summed E-state index contributed by atoms with van der Waals surface area (Å²) in [7, 11) is 1.60. The van der Waals surface area contributed by atoms with E-state index in [0.29, 0.717) is 17.9 Å². The molecule has 0 radical (unpaired) electrons. The molecule has 0 saturated heterocycles.